The number of non-ortho nitro benzene ring substituents is 1. The molecule has 0 aliphatic heterocycles. The lowest BCUT2D eigenvalue weighted by Gasteiger charge is -2.13. The van der Waals surface area contributed by atoms with Gasteiger partial charge in [0.05, 0.1) is 21.6 Å². The Morgan fingerprint density at radius 1 is 1.07 bits per heavy atom. The molecule has 0 spiro atoms. The maximum atomic E-state index is 10.8. The van der Waals surface area contributed by atoms with E-state index in [2.05, 4.69) is 6.07 Å². The maximum absolute atomic E-state index is 10.8. The number of benzene rings is 3. The molecule has 0 radical (unpaired) electrons. The van der Waals surface area contributed by atoms with Crippen molar-refractivity contribution in [3.05, 3.63) is 103 Å². The second-order valence-electron chi connectivity index (χ2n) is 6.16. The molecule has 5 nitrogen and oxygen atoms in total. The molecule has 150 valence electrons. The molecule has 0 aliphatic carbocycles. The van der Waals surface area contributed by atoms with Crippen molar-refractivity contribution in [3.63, 3.8) is 0 Å². The Morgan fingerprint density at radius 2 is 1.77 bits per heavy atom. The average molecular weight is 460 g/mol. The highest BCUT2D eigenvalue weighted by molar-refractivity contribution is 6.36. The summed E-state index contributed by atoms with van der Waals surface area (Å²) in [6.45, 7) is 0.168. The summed E-state index contributed by atoms with van der Waals surface area (Å²) in [7, 11) is 0. The molecule has 0 heterocycles. The minimum atomic E-state index is -0.503. The van der Waals surface area contributed by atoms with Crippen molar-refractivity contribution >= 4 is 52.1 Å². The van der Waals surface area contributed by atoms with Crippen molar-refractivity contribution in [1.82, 2.24) is 0 Å². The van der Waals surface area contributed by atoms with E-state index in [4.69, 9.17) is 39.5 Å². The van der Waals surface area contributed by atoms with E-state index in [9.17, 15) is 15.4 Å². The first-order chi connectivity index (χ1) is 14.4. The van der Waals surface area contributed by atoms with Gasteiger partial charge < -0.3 is 4.74 Å². The van der Waals surface area contributed by atoms with Crippen molar-refractivity contribution in [1.29, 1.82) is 5.26 Å². The number of nitrogens with zero attached hydrogens (tertiary/aromatic N) is 2. The fraction of sp³-hybridized carbons (Fsp3) is 0.0455. The number of rotatable bonds is 6. The van der Waals surface area contributed by atoms with E-state index < -0.39 is 4.92 Å². The topological polar surface area (TPSA) is 76.2 Å². The summed E-state index contributed by atoms with van der Waals surface area (Å²) in [6, 6.07) is 18.2. The molecule has 3 rings (SSSR count). The molecule has 0 N–H and O–H groups in total. The number of halogens is 3. The monoisotopic (exact) mass is 458 g/mol. The van der Waals surface area contributed by atoms with E-state index in [1.54, 1.807) is 24.3 Å². The summed E-state index contributed by atoms with van der Waals surface area (Å²) >= 11 is 18.7. The van der Waals surface area contributed by atoms with Gasteiger partial charge in [-0.05, 0) is 42.0 Å². The van der Waals surface area contributed by atoms with Crippen LogP contribution >= 0.6 is 34.8 Å². The summed E-state index contributed by atoms with van der Waals surface area (Å²) in [5.74, 6) is 0.343. The van der Waals surface area contributed by atoms with Crippen LogP contribution in [0, 0.1) is 21.4 Å². The van der Waals surface area contributed by atoms with E-state index in [-0.39, 0.29) is 22.9 Å². The number of nitro benzene ring substituents is 1. The molecule has 0 saturated heterocycles. The molecule has 0 aliphatic rings. The van der Waals surface area contributed by atoms with Gasteiger partial charge in [-0.1, -0.05) is 53.0 Å². The fourth-order valence-corrected chi connectivity index (χ4v) is 3.46. The number of hydrogen-bond donors (Lipinski definition) is 0. The zero-order valence-electron chi connectivity index (χ0n) is 15.3. The molecule has 0 fully saturated rings. The van der Waals surface area contributed by atoms with Crippen LogP contribution in [0.1, 0.15) is 16.7 Å². The molecular formula is C22H13Cl3N2O3. The molecular weight excluding hydrogens is 447 g/mol. The SMILES string of the molecule is N#C/C(=C\c1cc(Cl)cc(Cl)c1OCc1ccccc1Cl)c1ccc([N+](=O)[O-])cc1. The van der Waals surface area contributed by atoms with Gasteiger partial charge in [0.15, 0.2) is 0 Å². The summed E-state index contributed by atoms with van der Waals surface area (Å²) in [4.78, 5) is 10.3. The predicted molar refractivity (Wildman–Crippen MR) is 119 cm³/mol. The zero-order chi connectivity index (χ0) is 21.7. The van der Waals surface area contributed by atoms with Gasteiger partial charge >= 0.3 is 0 Å². The molecule has 0 aromatic heterocycles. The second kappa shape index (κ2) is 9.64. The number of hydrogen-bond acceptors (Lipinski definition) is 4. The highest BCUT2D eigenvalue weighted by Crippen LogP contribution is 2.36. The van der Waals surface area contributed by atoms with Crippen molar-refractivity contribution < 1.29 is 9.66 Å². The molecule has 0 atom stereocenters. The zero-order valence-corrected chi connectivity index (χ0v) is 17.6. The predicted octanol–water partition coefficient (Wildman–Crippen LogP) is 7.20. The molecule has 30 heavy (non-hydrogen) atoms. The molecule has 3 aromatic rings. The van der Waals surface area contributed by atoms with Crippen LogP contribution in [-0.4, -0.2) is 4.92 Å². The summed E-state index contributed by atoms with van der Waals surface area (Å²) in [5.41, 5.74) is 1.98. The first kappa shape index (κ1) is 21.7. The van der Waals surface area contributed by atoms with Crippen molar-refractivity contribution in [2.75, 3.05) is 0 Å². The van der Waals surface area contributed by atoms with Gasteiger partial charge in [-0.25, -0.2) is 0 Å². The van der Waals surface area contributed by atoms with Crippen LogP contribution in [-0.2, 0) is 6.61 Å². The lowest BCUT2D eigenvalue weighted by molar-refractivity contribution is -0.384. The van der Waals surface area contributed by atoms with Crippen molar-refractivity contribution in [2.45, 2.75) is 6.61 Å². The molecule has 0 unspecified atom stereocenters. The Balaban J connectivity index is 1.98. The van der Waals surface area contributed by atoms with E-state index in [0.717, 1.165) is 5.56 Å². The third-order valence-electron chi connectivity index (χ3n) is 4.18. The van der Waals surface area contributed by atoms with Crippen LogP contribution < -0.4 is 4.74 Å². The normalized spacial score (nSPS) is 11.1. The third kappa shape index (κ3) is 5.11. The van der Waals surface area contributed by atoms with E-state index in [1.165, 1.54) is 24.3 Å². The molecule has 3 aromatic carbocycles. The Morgan fingerprint density at radius 3 is 2.40 bits per heavy atom. The highest BCUT2D eigenvalue weighted by atomic mass is 35.5. The van der Waals surface area contributed by atoms with Crippen molar-refractivity contribution in [3.8, 4) is 11.8 Å². The lowest BCUT2D eigenvalue weighted by Crippen LogP contribution is -1.99. The average Bonchev–Trinajstić information content (AvgIpc) is 2.72. The Bertz CT molecular complexity index is 1170. The smallest absolute Gasteiger partial charge is 0.269 e. The van der Waals surface area contributed by atoms with Gasteiger partial charge in [-0.15, -0.1) is 0 Å². The first-order valence-corrected chi connectivity index (χ1v) is 9.74. The van der Waals surface area contributed by atoms with Gasteiger partial charge in [-0.3, -0.25) is 10.1 Å². The summed E-state index contributed by atoms with van der Waals surface area (Å²) < 4.78 is 5.90. The van der Waals surface area contributed by atoms with Crippen LogP contribution in [0.5, 0.6) is 5.75 Å². The van der Waals surface area contributed by atoms with Gasteiger partial charge in [0.2, 0.25) is 0 Å². The van der Waals surface area contributed by atoms with Crippen LogP contribution in [0.2, 0.25) is 15.1 Å². The lowest BCUT2D eigenvalue weighted by atomic mass is 10.0. The van der Waals surface area contributed by atoms with Gasteiger partial charge in [0.1, 0.15) is 12.4 Å². The third-order valence-corrected chi connectivity index (χ3v) is 5.04. The first-order valence-electron chi connectivity index (χ1n) is 8.61. The number of ether oxygens (including phenoxy) is 1. The van der Waals surface area contributed by atoms with Gasteiger partial charge in [-0.2, -0.15) is 5.26 Å². The van der Waals surface area contributed by atoms with E-state index in [1.807, 2.05) is 18.2 Å². The molecule has 0 saturated carbocycles. The fourth-order valence-electron chi connectivity index (χ4n) is 2.70. The minimum Gasteiger partial charge on any atom is -0.487 e. The van der Waals surface area contributed by atoms with Crippen LogP contribution in [0.15, 0.2) is 60.7 Å². The van der Waals surface area contributed by atoms with Crippen LogP contribution in [0.4, 0.5) is 5.69 Å². The highest BCUT2D eigenvalue weighted by Gasteiger charge is 2.13. The Kier molecular flexibility index (Phi) is 6.96. The Labute approximate surface area is 187 Å². The second-order valence-corrected chi connectivity index (χ2v) is 7.41. The van der Waals surface area contributed by atoms with E-state index >= 15 is 0 Å². The molecule has 0 bridgehead atoms. The largest absolute Gasteiger partial charge is 0.487 e. The summed E-state index contributed by atoms with van der Waals surface area (Å²) in [6.07, 6.45) is 1.57. The van der Waals surface area contributed by atoms with Crippen LogP contribution in [0.25, 0.3) is 11.6 Å². The van der Waals surface area contributed by atoms with Gasteiger partial charge in [0.25, 0.3) is 5.69 Å². The standard InChI is InChI=1S/C22H13Cl3N2O3/c23-18-10-16(9-17(12-26)14-5-7-19(8-6-14)27(28)29)22(21(25)11-18)30-13-15-3-1-2-4-20(15)24/h1-11H,13H2/b17-9+. The van der Waals surface area contributed by atoms with Crippen molar-refractivity contribution in [2.24, 2.45) is 0 Å². The van der Waals surface area contributed by atoms with Crippen LogP contribution in [0.3, 0.4) is 0 Å². The molecule has 8 heteroatoms. The summed E-state index contributed by atoms with van der Waals surface area (Å²) in [5, 5.41) is 21.7. The van der Waals surface area contributed by atoms with E-state index in [0.29, 0.717) is 26.9 Å². The Hall–Kier alpha value is -3.04. The number of nitro groups is 1. The minimum absolute atomic E-state index is 0.0643. The number of allylic oxidation sites excluding steroid dienone is 1. The van der Waals surface area contributed by atoms with Gasteiger partial charge in [0, 0.05) is 33.3 Å². The number of nitriles is 1. The maximum Gasteiger partial charge on any atom is 0.269 e. The quantitative estimate of drug-likeness (QED) is 0.169. The molecule has 0 amide bonds.